The van der Waals surface area contributed by atoms with Crippen LogP contribution in [0.2, 0.25) is 0 Å². The number of ketones is 1. The van der Waals surface area contributed by atoms with Crippen molar-refractivity contribution >= 4 is 34.0 Å². The predicted octanol–water partition coefficient (Wildman–Crippen LogP) is 5.49. The SMILES string of the molecule is CCN1C=CC(=CC2=C([O-])C(=Cc3cc[n+](CC)c4ccc(C)cc34)C2=O)c2cc(C(F)(F)F)ccc21. The smallest absolute Gasteiger partial charge is 0.416 e. The summed E-state index contributed by atoms with van der Waals surface area (Å²) in [7, 11) is 0. The van der Waals surface area contributed by atoms with Gasteiger partial charge in [0.05, 0.1) is 10.9 Å². The summed E-state index contributed by atoms with van der Waals surface area (Å²) in [4.78, 5) is 14.9. The summed E-state index contributed by atoms with van der Waals surface area (Å²) in [5.74, 6) is -0.823. The van der Waals surface area contributed by atoms with Crippen molar-refractivity contribution in [3.8, 4) is 0 Å². The summed E-state index contributed by atoms with van der Waals surface area (Å²) in [5, 5.41) is 14.0. The fourth-order valence-corrected chi connectivity index (χ4v) is 4.82. The normalized spacial score (nSPS) is 17.7. The third-order valence-electron chi connectivity index (χ3n) is 6.84. The van der Waals surface area contributed by atoms with Crippen LogP contribution in [-0.4, -0.2) is 12.3 Å². The van der Waals surface area contributed by atoms with Crippen molar-refractivity contribution in [3.63, 3.8) is 0 Å². The van der Waals surface area contributed by atoms with Gasteiger partial charge in [0.15, 0.2) is 12.0 Å². The van der Waals surface area contributed by atoms with Crippen molar-refractivity contribution in [1.82, 2.24) is 0 Å². The number of Topliss-reactive ketones (excluding diaryl/α,β-unsaturated/α-hetero) is 1. The summed E-state index contributed by atoms with van der Waals surface area (Å²) < 4.78 is 42.3. The number of allylic oxidation sites excluding steroid dienone is 5. The molecule has 1 aliphatic carbocycles. The van der Waals surface area contributed by atoms with E-state index < -0.39 is 23.3 Å². The Morgan fingerprint density at radius 2 is 1.84 bits per heavy atom. The maximum atomic E-state index is 13.4. The van der Waals surface area contributed by atoms with Crippen molar-refractivity contribution in [3.05, 3.63) is 106 Å². The molecule has 37 heavy (non-hydrogen) atoms. The number of carbonyl (C=O) groups excluding carboxylic acids is 1. The zero-order chi connectivity index (χ0) is 26.5. The molecule has 1 aromatic heterocycles. The summed E-state index contributed by atoms with van der Waals surface area (Å²) in [6.07, 6.45) is 3.82. The van der Waals surface area contributed by atoms with Gasteiger partial charge in [0, 0.05) is 47.3 Å². The molecular weight excluding hydrogens is 477 g/mol. The van der Waals surface area contributed by atoms with E-state index >= 15 is 0 Å². The van der Waals surface area contributed by atoms with Gasteiger partial charge in [-0.05, 0) is 74.4 Å². The number of nitrogens with zero attached hydrogens (tertiary/aromatic N) is 2. The highest BCUT2D eigenvalue weighted by molar-refractivity contribution is 6.24. The number of benzene rings is 2. The van der Waals surface area contributed by atoms with Gasteiger partial charge in [-0.1, -0.05) is 17.4 Å². The zero-order valence-electron chi connectivity index (χ0n) is 20.7. The van der Waals surface area contributed by atoms with E-state index in [1.807, 2.05) is 56.1 Å². The lowest BCUT2D eigenvalue weighted by Crippen LogP contribution is -2.33. The average Bonchev–Trinajstić information content (AvgIpc) is 2.89. The van der Waals surface area contributed by atoms with Gasteiger partial charge in [-0.15, -0.1) is 0 Å². The van der Waals surface area contributed by atoms with Crippen LogP contribution >= 0.6 is 0 Å². The Hall–Kier alpha value is -4.13. The van der Waals surface area contributed by atoms with E-state index in [-0.39, 0.29) is 11.1 Å². The van der Waals surface area contributed by atoms with Gasteiger partial charge in [-0.3, -0.25) is 4.79 Å². The number of hydrogen-bond donors (Lipinski definition) is 0. The van der Waals surface area contributed by atoms with Gasteiger partial charge in [0.1, 0.15) is 6.54 Å². The van der Waals surface area contributed by atoms with Gasteiger partial charge >= 0.3 is 6.18 Å². The molecule has 0 amide bonds. The number of hydrogen-bond acceptors (Lipinski definition) is 3. The van der Waals surface area contributed by atoms with E-state index in [4.69, 9.17) is 0 Å². The molecule has 0 fully saturated rings. The van der Waals surface area contributed by atoms with Crippen molar-refractivity contribution in [1.29, 1.82) is 0 Å². The molecule has 188 valence electrons. The summed E-state index contributed by atoms with van der Waals surface area (Å²) in [6, 6.07) is 11.5. The quantitative estimate of drug-likeness (QED) is 0.350. The van der Waals surface area contributed by atoms with Crippen LogP contribution < -0.4 is 14.6 Å². The number of carbonyl (C=O) groups is 1. The largest absolute Gasteiger partial charge is 0.871 e. The van der Waals surface area contributed by atoms with Crippen LogP contribution in [0.15, 0.2) is 83.9 Å². The van der Waals surface area contributed by atoms with Crippen LogP contribution in [0.5, 0.6) is 0 Å². The molecular formula is C30H25F3N2O2. The first-order valence-corrected chi connectivity index (χ1v) is 12.1. The molecule has 0 saturated heterocycles. The van der Waals surface area contributed by atoms with Crippen LogP contribution in [-0.2, 0) is 17.5 Å². The highest BCUT2D eigenvalue weighted by atomic mass is 19.4. The van der Waals surface area contributed by atoms with E-state index in [2.05, 4.69) is 4.57 Å². The molecule has 0 atom stereocenters. The second kappa shape index (κ2) is 9.07. The number of rotatable bonds is 4. The maximum Gasteiger partial charge on any atom is 0.416 e. The van der Waals surface area contributed by atoms with E-state index in [0.29, 0.717) is 23.4 Å². The molecule has 0 radical (unpaired) electrons. The molecule has 5 rings (SSSR count). The van der Waals surface area contributed by atoms with Crippen molar-refractivity contribution in [2.24, 2.45) is 0 Å². The second-order valence-electron chi connectivity index (χ2n) is 9.14. The minimum absolute atomic E-state index is 0.0285. The number of aromatic nitrogens is 1. The van der Waals surface area contributed by atoms with Crippen LogP contribution in [0.4, 0.5) is 18.9 Å². The Morgan fingerprint density at radius 1 is 1.05 bits per heavy atom. The van der Waals surface area contributed by atoms with Gasteiger partial charge in [0.2, 0.25) is 5.52 Å². The molecule has 7 heteroatoms. The fraction of sp³-hybridized carbons (Fsp3) is 0.200. The number of pyridine rings is 1. The first kappa shape index (κ1) is 24.6. The van der Waals surface area contributed by atoms with E-state index in [1.54, 1.807) is 18.4 Å². The molecule has 4 nitrogen and oxygen atoms in total. The standard InChI is InChI=1S/C30H25F3N2O2/c1-4-34-12-10-19(22-14-18(3)6-8-26(22)34)15-24-28(36)25(29(24)37)16-20-11-13-35(5-2)27-9-7-21(17-23(20)27)30(31,32)33/h6-17H,4-5H2,1-3H3. The molecule has 0 spiro atoms. The van der Waals surface area contributed by atoms with Gasteiger partial charge in [0.25, 0.3) is 0 Å². The summed E-state index contributed by atoms with van der Waals surface area (Å²) in [6.45, 7) is 7.26. The van der Waals surface area contributed by atoms with E-state index in [9.17, 15) is 23.1 Å². The third-order valence-corrected chi connectivity index (χ3v) is 6.84. The Morgan fingerprint density at radius 3 is 2.51 bits per heavy atom. The van der Waals surface area contributed by atoms with E-state index in [1.165, 1.54) is 12.1 Å². The molecule has 0 unspecified atom stereocenters. The molecule has 0 bridgehead atoms. The lowest BCUT2D eigenvalue weighted by Gasteiger charge is -2.31. The zero-order valence-corrected chi connectivity index (χ0v) is 20.7. The Bertz CT molecular complexity index is 1580. The maximum absolute atomic E-state index is 13.4. The van der Waals surface area contributed by atoms with Crippen molar-refractivity contribution in [2.45, 2.75) is 33.5 Å². The van der Waals surface area contributed by atoms with Gasteiger partial charge in [-0.2, -0.15) is 17.7 Å². The first-order chi connectivity index (χ1) is 17.6. The average molecular weight is 503 g/mol. The predicted molar refractivity (Wildman–Crippen MR) is 136 cm³/mol. The van der Waals surface area contributed by atoms with Crippen LogP contribution in [0.25, 0.3) is 22.6 Å². The van der Waals surface area contributed by atoms with Crippen molar-refractivity contribution < 1.29 is 27.6 Å². The Labute approximate surface area is 213 Å². The molecule has 3 aromatic rings. The van der Waals surface area contributed by atoms with Crippen LogP contribution in [0.1, 0.15) is 36.1 Å². The molecule has 2 aromatic carbocycles. The number of alkyl halides is 3. The van der Waals surface area contributed by atoms with Gasteiger partial charge in [-0.25, -0.2) is 0 Å². The number of anilines is 1. The summed E-state index contributed by atoms with van der Waals surface area (Å²) in [5.41, 5.74) is 3.41. The monoisotopic (exact) mass is 502 g/mol. The highest BCUT2D eigenvalue weighted by Crippen LogP contribution is 2.40. The Balaban J connectivity index is 1.58. The number of aryl methyl sites for hydroxylation is 2. The Kier molecular flexibility index (Phi) is 6.02. The van der Waals surface area contributed by atoms with Gasteiger partial charge < -0.3 is 10.0 Å². The fourth-order valence-electron chi connectivity index (χ4n) is 4.82. The second-order valence-corrected chi connectivity index (χ2v) is 9.14. The molecule has 0 N–H and O–H groups in total. The van der Waals surface area contributed by atoms with Crippen molar-refractivity contribution in [2.75, 3.05) is 11.4 Å². The number of halogens is 3. The van der Waals surface area contributed by atoms with Crippen LogP contribution in [0.3, 0.4) is 0 Å². The molecule has 2 heterocycles. The lowest BCUT2D eigenvalue weighted by molar-refractivity contribution is -0.667. The molecule has 0 saturated carbocycles. The van der Waals surface area contributed by atoms with E-state index in [0.717, 1.165) is 40.7 Å². The molecule has 1 aliphatic heterocycles. The first-order valence-electron chi connectivity index (χ1n) is 12.1. The third kappa shape index (κ3) is 4.24. The summed E-state index contributed by atoms with van der Waals surface area (Å²) >= 11 is 0. The molecule has 2 aliphatic rings. The lowest BCUT2D eigenvalue weighted by atomic mass is 9.84. The highest BCUT2D eigenvalue weighted by Gasteiger charge is 2.33. The topological polar surface area (TPSA) is 47.2 Å². The number of fused-ring (bicyclic) bond motifs is 2. The minimum Gasteiger partial charge on any atom is -0.871 e. The van der Waals surface area contributed by atoms with Crippen LogP contribution in [0, 0.1) is 6.92 Å². The minimum atomic E-state index is -4.50.